The van der Waals surface area contributed by atoms with E-state index in [0.717, 1.165) is 5.39 Å². The van der Waals surface area contributed by atoms with Gasteiger partial charge in [-0.3, -0.25) is 4.98 Å². The highest BCUT2D eigenvalue weighted by atomic mass is 35.5. The van der Waals surface area contributed by atoms with Crippen molar-refractivity contribution < 1.29 is 14.6 Å². The Balaban J connectivity index is 2.05. The fourth-order valence-electron chi connectivity index (χ4n) is 1.92. The number of ether oxygens (including phenoxy) is 1. The third-order valence-electron chi connectivity index (χ3n) is 2.83. The average molecular weight is 301 g/mol. The molecule has 2 heterocycles. The molecular formula is C15H9ClN2O3. The van der Waals surface area contributed by atoms with Crippen LogP contribution in [0.2, 0.25) is 5.15 Å². The van der Waals surface area contributed by atoms with Crippen LogP contribution in [-0.4, -0.2) is 21.0 Å². The number of benzene rings is 1. The second-order valence-electron chi connectivity index (χ2n) is 4.26. The fourth-order valence-corrected chi connectivity index (χ4v) is 2.12. The molecular weight excluding hydrogens is 292 g/mol. The van der Waals surface area contributed by atoms with Gasteiger partial charge in [0.1, 0.15) is 10.7 Å². The van der Waals surface area contributed by atoms with Crippen LogP contribution in [0.15, 0.2) is 48.7 Å². The number of aromatic carboxylic acids is 1. The molecule has 0 amide bonds. The summed E-state index contributed by atoms with van der Waals surface area (Å²) in [5, 5.41) is 9.98. The molecule has 0 bridgehead atoms. The second kappa shape index (κ2) is 5.38. The predicted molar refractivity (Wildman–Crippen MR) is 78.0 cm³/mol. The van der Waals surface area contributed by atoms with E-state index in [1.54, 1.807) is 12.3 Å². The number of carboxylic acids is 1. The predicted octanol–water partition coefficient (Wildman–Crippen LogP) is 3.77. The molecule has 3 aromatic rings. The van der Waals surface area contributed by atoms with E-state index in [1.165, 1.54) is 12.1 Å². The van der Waals surface area contributed by atoms with E-state index < -0.39 is 5.97 Å². The SMILES string of the molecule is O=C(O)c1cc(Cl)nc(Oc2cccc3cccnc23)c1. The molecule has 5 nitrogen and oxygen atoms in total. The second-order valence-corrected chi connectivity index (χ2v) is 4.64. The summed E-state index contributed by atoms with van der Waals surface area (Å²) in [4.78, 5) is 19.2. The molecule has 1 N–H and O–H groups in total. The molecule has 0 aliphatic heterocycles. The zero-order valence-electron chi connectivity index (χ0n) is 10.7. The highest BCUT2D eigenvalue weighted by Gasteiger charge is 2.10. The van der Waals surface area contributed by atoms with Crippen LogP contribution in [0.4, 0.5) is 0 Å². The van der Waals surface area contributed by atoms with E-state index in [-0.39, 0.29) is 16.6 Å². The van der Waals surface area contributed by atoms with Gasteiger partial charge in [0.25, 0.3) is 0 Å². The Morgan fingerprint density at radius 3 is 2.81 bits per heavy atom. The average Bonchev–Trinajstić information content (AvgIpc) is 2.47. The third kappa shape index (κ3) is 2.78. The highest BCUT2D eigenvalue weighted by molar-refractivity contribution is 6.29. The van der Waals surface area contributed by atoms with Crippen molar-refractivity contribution in [1.29, 1.82) is 0 Å². The number of hydrogen-bond acceptors (Lipinski definition) is 4. The van der Waals surface area contributed by atoms with Gasteiger partial charge in [0.2, 0.25) is 5.88 Å². The van der Waals surface area contributed by atoms with E-state index in [2.05, 4.69) is 9.97 Å². The number of hydrogen-bond donors (Lipinski definition) is 1. The topological polar surface area (TPSA) is 72.3 Å². The molecule has 0 saturated heterocycles. The Morgan fingerprint density at radius 2 is 2.00 bits per heavy atom. The number of nitrogens with zero attached hydrogens (tertiary/aromatic N) is 2. The van der Waals surface area contributed by atoms with E-state index in [1.807, 2.05) is 24.3 Å². The van der Waals surface area contributed by atoms with Crippen LogP contribution in [-0.2, 0) is 0 Å². The Hall–Kier alpha value is -2.66. The first-order chi connectivity index (χ1) is 10.1. The summed E-state index contributed by atoms with van der Waals surface area (Å²) in [6.45, 7) is 0. The number of aromatic nitrogens is 2. The van der Waals surface area contributed by atoms with Gasteiger partial charge < -0.3 is 9.84 Å². The molecule has 0 atom stereocenters. The van der Waals surface area contributed by atoms with Crippen molar-refractivity contribution in [2.45, 2.75) is 0 Å². The van der Waals surface area contributed by atoms with Crippen LogP contribution in [0.5, 0.6) is 11.6 Å². The lowest BCUT2D eigenvalue weighted by atomic mass is 10.2. The van der Waals surface area contributed by atoms with E-state index in [0.29, 0.717) is 11.3 Å². The molecule has 0 aliphatic carbocycles. The minimum absolute atomic E-state index is 0.0122. The van der Waals surface area contributed by atoms with Crippen LogP contribution < -0.4 is 4.74 Å². The Kier molecular flexibility index (Phi) is 3.41. The molecule has 0 radical (unpaired) electrons. The molecule has 21 heavy (non-hydrogen) atoms. The number of pyridine rings is 2. The van der Waals surface area contributed by atoms with Gasteiger partial charge in [0, 0.05) is 17.6 Å². The summed E-state index contributed by atoms with van der Waals surface area (Å²) in [5.74, 6) is -0.502. The molecule has 0 unspecified atom stereocenters. The standard InChI is InChI=1S/C15H9ClN2O3/c16-12-7-10(15(19)20)8-13(18-12)21-11-5-1-3-9-4-2-6-17-14(9)11/h1-8H,(H,19,20). The first-order valence-electron chi connectivity index (χ1n) is 6.06. The van der Waals surface area contributed by atoms with Crippen molar-refractivity contribution in [3.05, 3.63) is 59.4 Å². The lowest BCUT2D eigenvalue weighted by Crippen LogP contribution is -1.99. The molecule has 3 rings (SSSR count). The number of carbonyl (C=O) groups is 1. The summed E-state index contributed by atoms with van der Waals surface area (Å²) < 4.78 is 5.64. The Bertz CT molecular complexity index is 831. The number of para-hydroxylation sites is 1. The quantitative estimate of drug-likeness (QED) is 0.745. The van der Waals surface area contributed by atoms with Crippen LogP contribution in [0.25, 0.3) is 10.9 Å². The fraction of sp³-hybridized carbons (Fsp3) is 0. The monoisotopic (exact) mass is 300 g/mol. The zero-order chi connectivity index (χ0) is 14.8. The summed E-state index contributed by atoms with van der Waals surface area (Å²) >= 11 is 5.81. The molecule has 6 heteroatoms. The lowest BCUT2D eigenvalue weighted by Gasteiger charge is -2.08. The van der Waals surface area contributed by atoms with Gasteiger partial charge in [-0.05, 0) is 18.2 Å². The Labute approximate surface area is 124 Å². The molecule has 0 saturated carbocycles. The van der Waals surface area contributed by atoms with Gasteiger partial charge in [-0.1, -0.05) is 29.8 Å². The van der Waals surface area contributed by atoms with Crippen molar-refractivity contribution >= 4 is 28.5 Å². The van der Waals surface area contributed by atoms with Crippen molar-refractivity contribution in [3.8, 4) is 11.6 Å². The molecule has 1 aromatic carbocycles. The number of carboxylic acid groups (broad SMARTS) is 1. The zero-order valence-corrected chi connectivity index (χ0v) is 11.4. The van der Waals surface area contributed by atoms with Crippen LogP contribution in [0.1, 0.15) is 10.4 Å². The van der Waals surface area contributed by atoms with Crippen LogP contribution >= 0.6 is 11.6 Å². The van der Waals surface area contributed by atoms with Crippen molar-refractivity contribution in [2.75, 3.05) is 0 Å². The summed E-state index contributed by atoms with van der Waals surface area (Å²) in [7, 11) is 0. The first-order valence-corrected chi connectivity index (χ1v) is 6.44. The molecule has 2 aromatic heterocycles. The minimum Gasteiger partial charge on any atom is -0.478 e. The van der Waals surface area contributed by atoms with E-state index in [4.69, 9.17) is 21.4 Å². The maximum atomic E-state index is 11.0. The van der Waals surface area contributed by atoms with E-state index in [9.17, 15) is 4.79 Å². The van der Waals surface area contributed by atoms with Crippen molar-refractivity contribution in [2.24, 2.45) is 0 Å². The third-order valence-corrected chi connectivity index (χ3v) is 3.02. The van der Waals surface area contributed by atoms with Gasteiger partial charge in [0.15, 0.2) is 5.75 Å². The minimum atomic E-state index is -1.10. The van der Waals surface area contributed by atoms with Gasteiger partial charge in [-0.2, -0.15) is 0 Å². The first kappa shape index (κ1) is 13.3. The van der Waals surface area contributed by atoms with Crippen molar-refractivity contribution in [1.82, 2.24) is 9.97 Å². The molecule has 0 aliphatic rings. The number of halogens is 1. The summed E-state index contributed by atoms with van der Waals surface area (Å²) in [6, 6.07) is 11.8. The summed E-state index contributed by atoms with van der Waals surface area (Å²) in [5.41, 5.74) is 0.678. The maximum absolute atomic E-state index is 11.0. The van der Waals surface area contributed by atoms with Gasteiger partial charge >= 0.3 is 5.97 Å². The van der Waals surface area contributed by atoms with Gasteiger partial charge in [-0.15, -0.1) is 0 Å². The van der Waals surface area contributed by atoms with Crippen molar-refractivity contribution in [3.63, 3.8) is 0 Å². The van der Waals surface area contributed by atoms with Gasteiger partial charge in [-0.25, -0.2) is 9.78 Å². The van der Waals surface area contributed by atoms with Gasteiger partial charge in [0.05, 0.1) is 5.56 Å². The number of rotatable bonds is 3. The molecule has 0 fully saturated rings. The number of fused-ring (bicyclic) bond motifs is 1. The summed E-state index contributed by atoms with van der Waals surface area (Å²) in [6.07, 6.45) is 1.66. The molecule has 104 valence electrons. The highest BCUT2D eigenvalue weighted by Crippen LogP contribution is 2.28. The largest absolute Gasteiger partial charge is 0.478 e. The van der Waals surface area contributed by atoms with E-state index >= 15 is 0 Å². The van der Waals surface area contributed by atoms with Crippen LogP contribution in [0.3, 0.4) is 0 Å². The lowest BCUT2D eigenvalue weighted by molar-refractivity contribution is 0.0696. The normalized spacial score (nSPS) is 10.5. The smallest absolute Gasteiger partial charge is 0.335 e. The Morgan fingerprint density at radius 1 is 1.19 bits per heavy atom. The van der Waals surface area contributed by atoms with Crippen LogP contribution in [0, 0.1) is 0 Å². The molecule has 0 spiro atoms. The maximum Gasteiger partial charge on any atom is 0.335 e.